The van der Waals surface area contributed by atoms with Gasteiger partial charge in [-0.25, -0.2) is 8.42 Å². The van der Waals surface area contributed by atoms with Crippen LogP contribution in [0, 0.1) is 0 Å². The van der Waals surface area contributed by atoms with Crippen LogP contribution in [0.2, 0.25) is 0 Å². The van der Waals surface area contributed by atoms with Crippen molar-refractivity contribution in [1.82, 2.24) is 0 Å². The first kappa shape index (κ1) is 14.9. The Labute approximate surface area is 130 Å². The number of hydrogen-bond donors (Lipinski definition) is 1. The molecule has 0 unspecified atom stereocenters. The Kier molecular flexibility index (Phi) is 4.04. The highest BCUT2D eigenvalue weighted by Gasteiger charge is 2.37. The summed E-state index contributed by atoms with van der Waals surface area (Å²) in [6.07, 6.45) is 0.571. The van der Waals surface area contributed by atoms with Gasteiger partial charge in [0.2, 0.25) is 10.0 Å². The lowest BCUT2D eigenvalue weighted by molar-refractivity contribution is 0.482. The molecule has 0 radical (unpaired) electrons. The Morgan fingerprint density at radius 3 is 2.27 bits per heavy atom. The van der Waals surface area contributed by atoms with E-state index in [1.54, 1.807) is 24.3 Å². The van der Waals surface area contributed by atoms with Crippen molar-refractivity contribution in [2.24, 2.45) is 5.73 Å². The molecular weight excluding hydrogens is 300 g/mol. The van der Waals surface area contributed by atoms with E-state index in [9.17, 15) is 8.42 Å². The molecule has 2 N–H and O–H groups in total. The highest BCUT2D eigenvalue weighted by Crippen LogP contribution is 2.30. The second-order valence-electron chi connectivity index (χ2n) is 5.17. The van der Waals surface area contributed by atoms with Gasteiger partial charge >= 0.3 is 0 Å². The summed E-state index contributed by atoms with van der Waals surface area (Å²) >= 11 is 0. The minimum atomic E-state index is -3.34. The molecule has 2 aromatic carbocycles. The molecule has 1 atom stereocenters. The molecule has 6 heteroatoms. The van der Waals surface area contributed by atoms with E-state index in [2.05, 4.69) is 0 Å². The fraction of sp³-hybridized carbons (Fsp3) is 0.250. The van der Waals surface area contributed by atoms with E-state index in [1.807, 2.05) is 30.3 Å². The summed E-state index contributed by atoms with van der Waals surface area (Å²) in [4.78, 5) is 0. The van der Waals surface area contributed by atoms with Crippen molar-refractivity contribution in [1.29, 1.82) is 0 Å². The van der Waals surface area contributed by atoms with Crippen LogP contribution in [0.15, 0.2) is 54.6 Å². The van der Waals surface area contributed by atoms with Gasteiger partial charge in [0, 0.05) is 13.1 Å². The second-order valence-corrected chi connectivity index (χ2v) is 7.31. The Balaban J connectivity index is 1.78. The van der Waals surface area contributed by atoms with Crippen LogP contribution in [0.3, 0.4) is 0 Å². The zero-order chi connectivity index (χ0) is 15.6. The molecule has 3 rings (SSSR count). The molecule has 0 aliphatic carbocycles. The molecule has 0 bridgehead atoms. The second kappa shape index (κ2) is 5.98. The average molecular weight is 318 g/mol. The van der Waals surface area contributed by atoms with Gasteiger partial charge in [-0.1, -0.05) is 18.2 Å². The maximum Gasteiger partial charge on any atom is 0.239 e. The van der Waals surface area contributed by atoms with E-state index in [-0.39, 0.29) is 6.54 Å². The van der Waals surface area contributed by atoms with Gasteiger partial charge in [-0.15, -0.1) is 0 Å². The number of nitrogens with zero attached hydrogens (tertiary/aromatic N) is 1. The first-order valence-corrected chi connectivity index (χ1v) is 8.66. The van der Waals surface area contributed by atoms with Crippen molar-refractivity contribution >= 4 is 15.7 Å². The molecule has 0 spiro atoms. The molecule has 2 aromatic rings. The lowest BCUT2D eigenvalue weighted by Crippen LogP contribution is -2.33. The van der Waals surface area contributed by atoms with Gasteiger partial charge in [0.1, 0.15) is 11.5 Å². The van der Waals surface area contributed by atoms with Crippen LogP contribution >= 0.6 is 0 Å². The van der Waals surface area contributed by atoms with Gasteiger partial charge in [-0.2, -0.15) is 0 Å². The predicted octanol–water partition coefficient (Wildman–Crippen LogP) is 2.35. The predicted molar refractivity (Wildman–Crippen MR) is 86.7 cm³/mol. The average Bonchev–Trinajstić information content (AvgIpc) is 2.83. The van der Waals surface area contributed by atoms with E-state index >= 15 is 0 Å². The molecular formula is C16H18N2O3S. The molecule has 0 aromatic heterocycles. The van der Waals surface area contributed by atoms with Gasteiger partial charge < -0.3 is 10.5 Å². The van der Waals surface area contributed by atoms with Crippen molar-refractivity contribution in [2.45, 2.75) is 11.7 Å². The minimum absolute atomic E-state index is 0.161. The van der Waals surface area contributed by atoms with Crippen molar-refractivity contribution in [2.75, 3.05) is 17.4 Å². The van der Waals surface area contributed by atoms with E-state index in [4.69, 9.17) is 10.5 Å². The number of nitrogens with two attached hydrogens (primary N) is 1. The summed E-state index contributed by atoms with van der Waals surface area (Å²) in [5.74, 6) is 1.41. The van der Waals surface area contributed by atoms with Crippen molar-refractivity contribution < 1.29 is 13.2 Å². The lowest BCUT2D eigenvalue weighted by atomic mass is 10.2. The summed E-state index contributed by atoms with van der Waals surface area (Å²) in [5.41, 5.74) is 6.18. The zero-order valence-corrected chi connectivity index (χ0v) is 12.9. The third-order valence-corrected chi connectivity index (χ3v) is 6.03. The molecule has 5 nitrogen and oxygen atoms in total. The number of anilines is 1. The van der Waals surface area contributed by atoms with Gasteiger partial charge in [0.05, 0.1) is 10.9 Å². The fourth-order valence-electron chi connectivity index (χ4n) is 2.54. The molecule has 0 amide bonds. The first-order valence-electron chi connectivity index (χ1n) is 7.16. The first-order chi connectivity index (χ1) is 10.6. The smallest absolute Gasteiger partial charge is 0.239 e. The zero-order valence-electron chi connectivity index (χ0n) is 12.1. The minimum Gasteiger partial charge on any atom is -0.457 e. The number of hydrogen-bond acceptors (Lipinski definition) is 4. The molecule has 1 aliphatic rings. The molecule has 1 heterocycles. The number of ether oxygens (including phenoxy) is 1. The quantitative estimate of drug-likeness (QED) is 0.939. The normalized spacial score (nSPS) is 20.0. The topological polar surface area (TPSA) is 72.6 Å². The lowest BCUT2D eigenvalue weighted by Gasteiger charge is -2.19. The third kappa shape index (κ3) is 2.80. The SMILES string of the molecule is NC[C@@H]1CCN(c2ccc(Oc3ccccc3)cc2)S1(=O)=O. The monoisotopic (exact) mass is 318 g/mol. The summed E-state index contributed by atoms with van der Waals surface area (Å²) in [6, 6.07) is 16.5. The highest BCUT2D eigenvalue weighted by molar-refractivity contribution is 7.93. The molecule has 1 fully saturated rings. The Morgan fingerprint density at radius 2 is 1.68 bits per heavy atom. The number of sulfonamides is 1. The van der Waals surface area contributed by atoms with Crippen molar-refractivity contribution in [3.05, 3.63) is 54.6 Å². The van der Waals surface area contributed by atoms with Crippen LogP contribution in [0.1, 0.15) is 6.42 Å². The maximum absolute atomic E-state index is 12.3. The summed E-state index contributed by atoms with van der Waals surface area (Å²) in [5, 5.41) is -0.479. The summed E-state index contributed by atoms with van der Waals surface area (Å²) in [6.45, 7) is 0.636. The third-order valence-electron chi connectivity index (χ3n) is 3.75. The van der Waals surface area contributed by atoms with Crippen LogP contribution < -0.4 is 14.8 Å². The van der Waals surface area contributed by atoms with E-state index in [1.165, 1.54) is 4.31 Å². The van der Waals surface area contributed by atoms with Crippen LogP contribution in [0.25, 0.3) is 0 Å². The standard InChI is InChI=1S/C16H18N2O3S/c17-12-16-10-11-18(22(16,19)20)13-6-8-15(9-7-13)21-14-4-2-1-3-5-14/h1-9,16H,10-12,17H2/t16-/m0/s1. The van der Waals surface area contributed by atoms with Gasteiger partial charge in [-0.3, -0.25) is 4.31 Å². The van der Waals surface area contributed by atoms with E-state index in [0.29, 0.717) is 24.4 Å². The molecule has 1 saturated heterocycles. The molecule has 116 valence electrons. The van der Waals surface area contributed by atoms with Crippen molar-refractivity contribution in [3.8, 4) is 11.5 Å². The molecule has 0 saturated carbocycles. The van der Waals surface area contributed by atoms with E-state index < -0.39 is 15.3 Å². The summed E-state index contributed by atoms with van der Waals surface area (Å²) < 4.78 is 31.8. The highest BCUT2D eigenvalue weighted by atomic mass is 32.2. The van der Waals surface area contributed by atoms with Crippen molar-refractivity contribution in [3.63, 3.8) is 0 Å². The molecule has 1 aliphatic heterocycles. The van der Waals surface area contributed by atoms with Crippen LogP contribution in [-0.4, -0.2) is 26.8 Å². The Hall–Kier alpha value is -2.05. The van der Waals surface area contributed by atoms with Gasteiger partial charge in [-0.05, 0) is 42.8 Å². The molecule has 22 heavy (non-hydrogen) atoms. The fourth-order valence-corrected chi connectivity index (χ4v) is 4.32. The number of rotatable bonds is 4. The number of benzene rings is 2. The Bertz CT molecular complexity index is 730. The largest absolute Gasteiger partial charge is 0.457 e. The van der Waals surface area contributed by atoms with Crippen LogP contribution in [0.5, 0.6) is 11.5 Å². The van der Waals surface area contributed by atoms with Crippen LogP contribution in [0.4, 0.5) is 5.69 Å². The number of para-hydroxylation sites is 1. The van der Waals surface area contributed by atoms with Crippen LogP contribution in [-0.2, 0) is 10.0 Å². The van der Waals surface area contributed by atoms with E-state index in [0.717, 1.165) is 5.75 Å². The summed E-state index contributed by atoms with van der Waals surface area (Å²) in [7, 11) is -3.34. The maximum atomic E-state index is 12.3. The Morgan fingerprint density at radius 1 is 1.05 bits per heavy atom. The van der Waals surface area contributed by atoms with Gasteiger partial charge in [0.15, 0.2) is 0 Å². The van der Waals surface area contributed by atoms with Gasteiger partial charge in [0.25, 0.3) is 0 Å².